The van der Waals surface area contributed by atoms with Gasteiger partial charge in [0.1, 0.15) is 0 Å². The Morgan fingerprint density at radius 2 is 1.38 bits per heavy atom. The van der Waals surface area contributed by atoms with Crippen LogP contribution in [0, 0.1) is 0 Å². The first kappa shape index (κ1) is 23.1. The summed E-state index contributed by atoms with van der Waals surface area (Å²) in [7, 11) is -0.564. The highest BCUT2D eigenvalue weighted by Gasteiger charge is 2.23. The standard InChI is InChI=1S/C14H26N3O4P.2CH4/c1-15-22(2,20-11-9-16-7-3-5-13(16)18)21-12-10-17-8-4-6-14(17)19;;/h3-12H2,1-2H3;2*1H4. The maximum atomic E-state index is 11.5. The fourth-order valence-corrected chi connectivity index (χ4v) is 3.82. The molecule has 2 aliphatic rings. The smallest absolute Gasteiger partial charge is 0.222 e. The average Bonchev–Trinajstić information content (AvgIpc) is 3.09. The summed E-state index contributed by atoms with van der Waals surface area (Å²) in [5, 5.41) is 0. The van der Waals surface area contributed by atoms with Crippen molar-refractivity contribution < 1.29 is 18.6 Å². The van der Waals surface area contributed by atoms with Gasteiger partial charge in [-0.3, -0.25) is 14.3 Å². The average molecular weight is 363 g/mol. The van der Waals surface area contributed by atoms with Crippen LogP contribution in [-0.2, 0) is 18.6 Å². The van der Waals surface area contributed by atoms with E-state index >= 15 is 0 Å². The molecule has 2 saturated heterocycles. The van der Waals surface area contributed by atoms with Crippen LogP contribution in [0.3, 0.4) is 0 Å². The third-order valence-electron chi connectivity index (χ3n) is 4.09. The van der Waals surface area contributed by atoms with E-state index in [1.165, 1.54) is 0 Å². The number of likely N-dealkylation sites (tertiary alicyclic amines) is 2. The van der Waals surface area contributed by atoms with Gasteiger partial charge >= 0.3 is 0 Å². The monoisotopic (exact) mass is 363 g/mol. The zero-order valence-electron chi connectivity index (χ0n) is 13.5. The fourth-order valence-electron chi connectivity index (χ4n) is 2.67. The van der Waals surface area contributed by atoms with Gasteiger partial charge in [-0.1, -0.05) is 14.9 Å². The normalized spacial score (nSPS) is 17.8. The second kappa shape index (κ2) is 10.9. The number of amides is 2. The molecular formula is C16H34N3O4P. The van der Waals surface area contributed by atoms with Crippen molar-refractivity contribution in [1.82, 2.24) is 9.80 Å². The van der Waals surface area contributed by atoms with E-state index in [-0.39, 0.29) is 26.7 Å². The van der Waals surface area contributed by atoms with E-state index in [9.17, 15) is 9.59 Å². The molecule has 0 radical (unpaired) electrons. The van der Waals surface area contributed by atoms with E-state index in [1.807, 2.05) is 16.5 Å². The Kier molecular flexibility index (Phi) is 10.4. The van der Waals surface area contributed by atoms with Crippen molar-refractivity contribution in [3.63, 3.8) is 0 Å². The number of carbonyl (C=O) groups is 2. The highest BCUT2D eigenvalue weighted by Crippen LogP contribution is 2.47. The molecule has 0 unspecified atom stereocenters. The highest BCUT2D eigenvalue weighted by molar-refractivity contribution is 7.55. The molecule has 24 heavy (non-hydrogen) atoms. The van der Waals surface area contributed by atoms with Gasteiger partial charge in [-0.2, -0.15) is 0 Å². The summed E-state index contributed by atoms with van der Waals surface area (Å²) < 4.78 is 15.9. The fraction of sp³-hybridized carbons (Fsp3) is 0.875. The summed E-state index contributed by atoms with van der Waals surface area (Å²) in [5.74, 6) is 0.399. The van der Waals surface area contributed by atoms with Crippen LogP contribution in [0.2, 0.25) is 0 Å². The van der Waals surface area contributed by atoms with Crippen molar-refractivity contribution in [3.05, 3.63) is 0 Å². The van der Waals surface area contributed by atoms with Crippen molar-refractivity contribution in [2.75, 3.05) is 53.1 Å². The van der Waals surface area contributed by atoms with Crippen molar-refractivity contribution in [2.24, 2.45) is 4.74 Å². The van der Waals surface area contributed by atoms with Gasteiger partial charge in [0.25, 0.3) is 0 Å². The lowest BCUT2D eigenvalue weighted by Gasteiger charge is -2.23. The first-order valence-electron chi connectivity index (χ1n) is 7.86. The first-order valence-corrected chi connectivity index (χ1v) is 9.89. The predicted molar refractivity (Wildman–Crippen MR) is 98.2 cm³/mol. The number of carbonyl (C=O) groups excluding carboxylic acids is 2. The van der Waals surface area contributed by atoms with E-state index in [0.29, 0.717) is 39.1 Å². The van der Waals surface area contributed by atoms with Gasteiger partial charge in [0.2, 0.25) is 19.3 Å². The SMILES string of the molecule is C.C.CN=P(C)(OCCN1CCCC1=O)OCCN1CCCC1=O. The lowest BCUT2D eigenvalue weighted by atomic mass is 10.4. The van der Waals surface area contributed by atoms with Gasteiger partial charge in [0.05, 0.1) is 13.2 Å². The quantitative estimate of drug-likeness (QED) is 0.622. The minimum Gasteiger partial charge on any atom is -0.340 e. The molecule has 8 heteroatoms. The molecule has 2 fully saturated rings. The van der Waals surface area contributed by atoms with Crippen LogP contribution in [0.1, 0.15) is 40.5 Å². The molecule has 2 aliphatic heterocycles. The van der Waals surface area contributed by atoms with Crippen LogP contribution in [-0.4, -0.2) is 74.7 Å². The van der Waals surface area contributed by atoms with Crippen LogP contribution in [0.4, 0.5) is 0 Å². The Morgan fingerprint density at radius 1 is 0.958 bits per heavy atom. The second-order valence-corrected chi connectivity index (χ2v) is 8.16. The van der Waals surface area contributed by atoms with E-state index < -0.39 is 7.51 Å². The Balaban J connectivity index is 0.00000264. The molecule has 0 aromatic carbocycles. The van der Waals surface area contributed by atoms with Crippen LogP contribution in [0.5, 0.6) is 0 Å². The molecule has 7 nitrogen and oxygen atoms in total. The summed E-state index contributed by atoms with van der Waals surface area (Å²) >= 11 is 0. The lowest BCUT2D eigenvalue weighted by Crippen LogP contribution is -2.29. The second-order valence-electron chi connectivity index (χ2n) is 5.64. The molecule has 2 heterocycles. The molecule has 0 saturated carbocycles. The van der Waals surface area contributed by atoms with Gasteiger partial charge in [0.15, 0.2) is 0 Å². The Bertz CT molecular complexity index is 434. The molecule has 2 amide bonds. The van der Waals surface area contributed by atoms with Gasteiger partial charge in [-0.15, -0.1) is 0 Å². The predicted octanol–water partition coefficient (Wildman–Crippen LogP) is 2.83. The third-order valence-corrected chi connectivity index (χ3v) is 6.14. The van der Waals surface area contributed by atoms with Crippen molar-refractivity contribution in [1.29, 1.82) is 0 Å². The number of hydrogen-bond donors (Lipinski definition) is 0. The summed E-state index contributed by atoms with van der Waals surface area (Å²) in [6.07, 6.45) is 3.16. The minimum absolute atomic E-state index is 0. The maximum absolute atomic E-state index is 11.5. The molecule has 0 bridgehead atoms. The zero-order valence-corrected chi connectivity index (χ0v) is 14.4. The van der Waals surface area contributed by atoms with E-state index in [0.717, 1.165) is 25.9 Å². The number of nitrogens with zero attached hydrogens (tertiary/aromatic N) is 3. The van der Waals surface area contributed by atoms with Crippen molar-refractivity contribution in [3.8, 4) is 0 Å². The van der Waals surface area contributed by atoms with Gasteiger partial charge in [-0.25, -0.2) is 0 Å². The van der Waals surface area contributed by atoms with Crippen LogP contribution in [0.25, 0.3) is 0 Å². The molecule has 0 aromatic rings. The minimum atomic E-state index is -2.25. The maximum Gasteiger partial charge on any atom is 0.222 e. The first-order chi connectivity index (χ1) is 10.5. The van der Waals surface area contributed by atoms with Gasteiger partial charge < -0.3 is 18.8 Å². The van der Waals surface area contributed by atoms with Crippen molar-refractivity contribution >= 4 is 19.3 Å². The summed E-state index contributed by atoms with van der Waals surface area (Å²) in [4.78, 5) is 26.7. The summed E-state index contributed by atoms with van der Waals surface area (Å²) in [5.41, 5.74) is 0. The molecule has 0 aromatic heterocycles. The topological polar surface area (TPSA) is 71.4 Å². The Morgan fingerprint density at radius 3 is 1.67 bits per heavy atom. The Hall–Kier alpha value is -0.910. The highest BCUT2D eigenvalue weighted by atomic mass is 31.2. The van der Waals surface area contributed by atoms with Gasteiger partial charge in [0, 0.05) is 52.7 Å². The van der Waals surface area contributed by atoms with Crippen molar-refractivity contribution in [2.45, 2.75) is 40.5 Å². The van der Waals surface area contributed by atoms with Crippen LogP contribution in [0.15, 0.2) is 4.74 Å². The lowest BCUT2D eigenvalue weighted by molar-refractivity contribution is -0.128. The van der Waals surface area contributed by atoms with E-state index in [2.05, 4.69) is 4.74 Å². The largest absolute Gasteiger partial charge is 0.340 e. The third kappa shape index (κ3) is 6.54. The molecular weight excluding hydrogens is 329 g/mol. The molecule has 0 atom stereocenters. The summed E-state index contributed by atoms with van der Waals surface area (Å²) in [6, 6.07) is 0. The molecule has 2 rings (SSSR count). The molecule has 0 aliphatic carbocycles. The van der Waals surface area contributed by atoms with Crippen LogP contribution >= 0.6 is 7.51 Å². The summed E-state index contributed by atoms with van der Waals surface area (Å²) in [6.45, 7) is 5.57. The number of rotatable bonds is 8. The van der Waals surface area contributed by atoms with Crippen LogP contribution < -0.4 is 0 Å². The molecule has 142 valence electrons. The van der Waals surface area contributed by atoms with Gasteiger partial charge in [-0.05, 0) is 12.8 Å². The Labute approximate surface area is 146 Å². The molecule has 0 N–H and O–H groups in total. The number of hydrogen-bond acceptors (Lipinski definition) is 5. The van der Waals surface area contributed by atoms with E-state index in [1.54, 1.807) is 7.05 Å². The zero-order chi connectivity index (χ0) is 16.0. The molecule has 0 spiro atoms. The van der Waals surface area contributed by atoms with E-state index in [4.69, 9.17) is 9.05 Å².